The van der Waals surface area contributed by atoms with Crippen LogP contribution < -0.4 is 10.2 Å². The van der Waals surface area contributed by atoms with Crippen molar-refractivity contribution >= 4 is 17.3 Å². The molecule has 2 rings (SSSR count). The van der Waals surface area contributed by atoms with Gasteiger partial charge >= 0.3 is 0 Å². The van der Waals surface area contributed by atoms with Gasteiger partial charge in [-0.2, -0.15) is 0 Å². The van der Waals surface area contributed by atoms with Crippen molar-refractivity contribution in [2.45, 2.75) is 6.92 Å². The van der Waals surface area contributed by atoms with Gasteiger partial charge in [0.15, 0.2) is 0 Å². The van der Waals surface area contributed by atoms with Crippen LogP contribution in [-0.2, 0) is 4.74 Å². The van der Waals surface area contributed by atoms with E-state index in [9.17, 15) is 0 Å². The number of piperazine rings is 1. The van der Waals surface area contributed by atoms with E-state index in [1.54, 1.807) is 0 Å². The van der Waals surface area contributed by atoms with Gasteiger partial charge in [-0.05, 0) is 31.2 Å². The normalized spacial score (nSPS) is 16.4. The van der Waals surface area contributed by atoms with E-state index in [0.29, 0.717) is 0 Å². The molecular weight excluding hydrogens is 286 g/mol. The third-order valence-electron chi connectivity index (χ3n) is 3.80. The number of anilines is 1. The Morgan fingerprint density at radius 3 is 2.48 bits per heavy atom. The molecule has 0 amide bonds. The number of hydrogen-bond donors (Lipinski definition) is 1. The van der Waals surface area contributed by atoms with Crippen molar-refractivity contribution in [1.29, 1.82) is 0 Å². The second-order valence-corrected chi connectivity index (χ2v) is 5.69. The number of benzene rings is 1. The molecule has 0 bridgehead atoms. The molecule has 0 aromatic heterocycles. The fraction of sp³-hybridized carbons (Fsp3) is 0.625. The average Bonchev–Trinajstić information content (AvgIpc) is 2.52. The van der Waals surface area contributed by atoms with Crippen LogP contribution in [0.15, 0.2) is 24.3 Å². The zero-order valence-corrected chi connectivity index (χ0v) is 13.6. The van der Waals surface area contributed by atoms with E-state index >= 15 is 0 Å². The van der Waals surface area contributed by atoms with Gasteiger partial charge in [0.25, 0.3) is 0 Å². The molecule has 118 valence electrons. The highest BCUT2D eigenvalue weighted by Gasteiger charge is 2.16. The zero-order chi connectivity index (χ0) is 14.9. The third kappa shape index (κ3) is 5.83. The maximum Gasteiger partial charge on any atom is 0.0590 e. The zero-order valence-electron chi connectivity index (χ0n) is 12.9. The minimum absolute atomic E-state index is 0.800. The fourth-order valence-electron chi connectivity index (χ4n) is 2.53. The Balaban J connectivity index is 1.61. The van der Waals surface area contributed by atoms with E-state index in [1.165, 1.54) is 5.69 Å². The van der Waals surface area contributed by atoms with Gasteiger partial charge in [0.2, 0.25) is 0 Å². The highest BCUT2D eigenvalue weighted by molar-refractivity contribution is 6.30. The van der Waals surface area contributed by atoms with Gasteiger partial charge in [-0.1, -0.05) is 11.6 Å². The lowest BCUT2D eigenvalue weighted by Crippen LogP contribution is -2.48. The van der Waals surface area contributed by atoms with Crippen LogP contribution in [0.5, 0.6) is 0 Å². The lowest BCUT2D eigenvalue weighted by molar-refractivity contribution is 0.148. The van der Waals surface area contributed by atoms with Crippen molar-refractivity contribution in [3.05, 3.63) is 29.3 Å². The molecule has 5 heteroatoms. The van der Waals surface area contributed by atoms with Gasteiger partial charge in [-0.25, -0.2) is 0 Å². The summed E-state index contributed by atoms with van der Waals surface area (Å²) in [5.41, 5.74) is 1.27. The summed E-state index contributed by atoms with van der Waals surface area (Å²) in [4.78, 5) is 4.94. The summed E-state index contributed by atoms with van der Waals surface area (Å²) in [6, 6.07) is 8.14. The van der Waals surface area contributed by atoms with Crippen molar-refractivity contribution in [3.63, 3.8) is 0 Å². The van der Waals surface area contributed by atoms with E-state index in [-0.39, 0.29) is 0 Å². The van der Waals surface area contributed by atoms with Crippen molar-refractivity contribution < 1.29 is 4.74 Å². The minimum atomic E-state index is 0.800. The Labute approximate surface area is 133 Å². The van der Waals surface area contributed by atoms with Crippen molar-refractivity contribution in [1.82, 2.24) is 10.2 Å². The van der Waals surface area contributed by atoms with E-state index < -0.39 is 0 Å². The predicted octanol–water partition coefficient (Wildman–Crippen LogP) is 2.09. The molecule has 0 atom stereocenters. The first kappa shape index (κ1) is 16.6. The molecule has 1 heterocycles. The highest BCUT2D eigenvalue weighted by Crippen LogP contribution is 2.19. The minimum Gasteiger partial charge on any atom is -0.380 e. The Hall–Kier alpha value is -0.810. The molecule has 0 saturated carbocycles. The monoisotopic (exact) mass is 311 g/mol. The number of halogens is 1. The summed E-state index contributed by atoms with van der Waals surface area (Å²) in [6.07, 6.45) is 0. The molecule has 21 heavy (non-hydrogen) atoms. The van der Waals surface area contributed by atoms with E-state index in [4.69, 9.17) is 16.3 Å². The number of ether oxygens (including phenoxy) is 1. The van der Waals surface area contributed by atoms with Gasteiger partial charge in [0.05, 0.1) is 6.61 Å². The predicted molar refractivity (Wildman–Crippen MR) is 89.5 cm³/mol. The maximum absolute atomic E-state index is 5.93. The van der Waals surface area contributed by atoms with Crippen LogP contribution in [-0.4, -0.2) is 63.9 Å². The van der Waals surface area contributed by atoms with Gasteiger partial charge in [0.1, 0.15) is 0 Å². The van der Waals surface area contributed by atoms with Crippen molar-refractivity contribution in [2.75, 3.05) is 63.9 Å². The van der Waals surface area contributed by atoms with Crippen molar-refractivity contribution in [2.24, 2.45) is 0 Å². The average molecular weight is 312 g/mol. The molecule has 0 spiro atoms. The number of nitrogens with zero attached hydrogens (tertiary/aromatic N) is 2. The van der Waals surface area contributed by atoms with Gasteiger partial charge in [-0.3, -0.25) is 4.90 Å². The summed E-state index contributed by atoms with van der Waals surface area (Å²) in [6.45, 7) is 11.1. The van der Waals surface area contributed by atoms with E-state index in [1.807, 2.05) is 19.1 Å². The lowest BCUT2D eigenvalue weighted by Gasteiger charge is -2.36. The molecule has 1 aliphatic heterocycles. The molecule has 0 unspecified atom stereocenters. The van der Waals surface area contributed by atoms with E-state index in [0.717, 1.165) is 64.0 Å². The Morgan fingerprint density at radius 1 is 1.10 bits per heavy atom. The topological polar surface area (TPSA) is 27.7 Å². The quantitative estimate of drug-likeness (QED) is 0.744. The Morgan fingerprint density at radius 2 is 1.81 bits per heavy atom. The first-order valence-corrected chi connectivity index (χ1v) is 8.18. The third-order valence-corrected chi connectivity index (χ3v) is 4.05. The van der Waals surface area contributed by atoms with Gasteiger partial charge in [0, 0.05) is 63.1 Å². The van der Waals surface area contributed by atoms with Crippen LogP contribution in [0.3, 0.4) is 0 Å². The highest BCUT2D eigenvalue weighted by atomic mass is 35.5. The molecule has 0 aliphatic carbocycles. The van der Waals surface area contributed by atoms with Crippen molar-refractivity contribution in [3.8, 4) is 0 Å². The molecule has 4 nitrogen and oxygen atoms in total. The molecule has 1 fully saturated rings. The lowest BCUT2D eigenvalue weighted by atomic mass is 10.2. The molecular formula is C16H26ClN3O. The Bertz CT molecular complexity index is 391. The smallest absolute Gasteiger partial charge is 0.0590 e. The van der Waals surface area contributed by atoms with Crippen LogP contribution in [0.2, 0.25) is 5.02 Å². The first-order valence-electron chi connectivity index (χ1n) is 7.81. The van der Waals surface area contributed by atoms with Crippen LogP contribution in [0.1, 0.15) is 6.92 Å². The fourth-order valence-corrected chi connectivity index (χ4v) is 2.66. The standard InChI is InChI=1S/C16H26ClN3O/c1-2-21-14-8-18-7-9-19-10-12-20(13-11-19)16-5-3-15(17)4-6-16/h3-6,18H,2,7-14H2,1H3. The number of hydrogen-bond acceptors (Lipinski definition) is 4. The summed E-state index contributed by atoms with van der Waals surface area (Å²) < 4.78 is 5.30. The number of nitrogens with one attached hydrogen (secondary N) is 1. The second kappa shape index (κ2) is 9.26. The summed E-state index contributed by atoms with van der Waals surface area (Å²) in [5.74, 6) is 0. The molecule has 1 aromatic carbocycles. The maximum atomic E-state index is 5.93. The second-order valence-electron chi connectivity index (χ2n) is 5.25. The Kier molecular flexibility index (Phi) is 7.30. The van der Waals surface area contributed by atoms with Gasteiger partial charge in [-0.15, -0.1) is 0 Å². The first-order chi connectivity index (χ1) is 10.3. The summed E-state index contributed by atoms with van der Waals surface area (Å²) in [5, 5.41) is 4.22. The van der Waals surface area contributed by atoms with Crippen LogP contribution in [0, 0.1) is 0 Å². The molecule has 1 N–H and O–H groups in total. The molecule has 1 aromatic rings. The molecule has 0 radical (unpaired) electrons. The SMILES string of the molecule is CCOCCNCCN1CCN(c2ccc(Cl)cc2)CC1. The summed E-state index contributed by atoms with van der Waals surface area (Å²) in [7, 11) is 0. The van der Waals surface area contributed by atoms with Gasteiger partial charge < -0.3 is 15.0 Å². The summed E-state index contributed by atoms with van der Waals surface area (Å²) >= 11 is 5.93. The molecule has 1 aliphatic rings. The van der Waals surface area contributed by atoms with Crippen LogP contribution in [0.4, 0.5) is 5.69 Å². The van der Waals surface area contributed by atoms with Crippen LogP contribution in [0.25, 0.3) is 0 Å². The number of rotatable bonds is 8. The molecule has 1 saturated heterocycles. The van der Waals surface area contributed by atoms with Crippen LogP contribution >= 0.6 is 11.6 Å². The van der Waals surface area contributed by atoms with E-state index in [2.05, 4.69) is 27.2 Å². The largest absolute Gasteiger partial charge is 0.380 e.